The molecule has 3 fully saturated rings. The highest BCUT2D eigenvalue weighted by Crippen LogP contribution is 2.41. The van der Waals surface area contributed by atoms with E-state index in [-0.39, 0.29) is 18.3 Å². The minimum Gasteiger partial charge on any atom is -0.491 e. The van der Waals surface area contributed by atoms with Gasteiger partial charge in [0, 0.05) is 5.41 Å². The highest BCUT2D eigenvalue weighted by Gasteiger charge is 2.32. The second-order valence-corrected chi connectivity index (χ2v) is 12.7. The molecule has 3 aliphatic rings. The van der Waals surface area contributed by atoms with Gasteiger partial charge in [0.2, 0.25) is 0 Å². The molecule has 8 rings (SSSR count). The molecule has 0 radical (unpaired) electrons. The van der Waals surface area contributed by atoms with Crippen molar-refractivity contribution in [3.8, 4) is 39.5 Å². The molecule has 5 aromatic rings. The molecule has 6 heteroatoms. The molecule has 47 heavy (non-hydrogen) atoms. The second-order valence-electron chi connectivity index (χ2n) is 12.7. The van der Waals surface area contributed by atoms with Crippen LogP contribution in [-0.2, 0) is 19.6 Å². The van der Waals surface area contributed by atoms with Gasteiger partial charge in [-0.1, -0.05) is 84.9 Å². The average Bonchev–Trinajstić information content (AvgIpc) is 3.98. The molecule has 6 nitrogen and oxygen atoms in total. The van der Waals surface area contributed by atoms with Crippen LogP contribution >= 0.6 is 0 Å². The van der Waals surface area contributed by atoms with E-state index in [9.17, 15) is 0 Å². The molecule has 0 N–H and O–H groups in total. The number of rotatable bonds is 14. The monoisotopic (exact) mass is 626 g/mol. The van der Waals surface area contributed by atoms with E-state index >= 15 is 0 Å². The molecule has 0 aromatic heterocycles. The average molecular weight is 627 g/mol. The van der Waals surface area contributed by atoms with Gasteiger partial charge >= 0.3 is 0 Å². The van der Waals surface area contributed by atoms with Crippen LogP contribution in [0.5, 0.6) is 17.2 Å². The summed E-state index contributed by atoms with van der Waals surface area (Å²) in [5.41, 5.74) is 7.82. The molecule has 3 aliphatic heterocycles. The topological polar surface area (TPSA) is 65.3 Å². The van der Waals surface area contributed by atoms with E-state index in [1.165, 1.54) is 16.7 Å². The molecule has 3 unspecified atom stereocenters. The van der Waals surface area contributed by atoms with Crippen LogP contribution < -0.4 is 14.2 Å². The minimum atomic E-state index is -0.402. The Labute approximate surface area is 275 Å². The van der Waals surface area contributed by atoms with E-state index in [0.717, 1.165) is 59.3 Å². The Morgan fingerprint density at radius 3 is 0.936 bits per heavy atom. The number of ether oxygens (including phenoxy) is 6. The van der Waals surface area contributed by atoms with Crippen LogP contribution in [0.3, 0.4) is 0 Å². The van der Waals surface area contributed by atoms with Gasteiger partial charge < -0.3 is 28.4 Å². The summed E-state index contributed by atoms with van der Waals surface area (Å²) >= 11 is 0. The van der Waals surface area contributed by atoms with Crippen LogP contribution in [0.2, 0.25) is 0 Å². The van der Waals surface area contributed by atoms with Crippen LogP contribution in [0.25, 0.3) is 22.3 Å². The van der Waals surface area contributed by atoms with Crippen LogP contribution in [0, 0.1) is 0 Å². The first-order chi connectivity index (χ1) is 23.1. The van der Waals surface area contributed by atoms with Crippen molar-refractivity contribution in [1.29, 1.82) is 0 Å². The maximum Gasteiger partial charge on any atom is 0.119 e. The normalized spacial score (nSPS) is 20.6. The van der Waals surface area contributed by atoms with Crippen molar-refractivity contribution in [2.75, 3.05) is 39.6 Å². The van der Waals surface area contributed by atoms with Crippen molar-refractivity contribution in [2.45, 2.75) is 30.7 Å². The molecule has 3 heterocycles. The standard InChI is InChI=1S/C41H38O6/c1-41(34-14-20-37(21-15-34)44-24-40-27-47-40,32-10-2-28(3-11-32)30-6-16-35(17-7-30)42-22-38-25-45-38)33-12-4-29(5-13-33)31-8-18-36(19-9-31)43-23-39-26-46-39/h2-21,38-40H,22-27H2,1H3. The summed E-state index contributed by atoms with van der Waals surface area (Å²) in [6, 6.07) is 42.9. The Balaban J connectivity index is 1.05. The van der Waals surface area contributed by atoms with Gasteiger partial charge in [-0.05, 0) is 82.3 Å². The van der Waals surface area contributed by atoms with Gasteiger partial charge in [0.25, 0.3) is 0 Å². The van der Waals surface area contributed by atoms with E-state index in [2.05, 4.69) is 104 Å². The van der Waals surface area contributed by atoms with Crippen molar-refractivity contribution >= 4 is 0 Å². The van der Waals surface area contributed by atoms with E-state index in [1.807, 2.05) is 24.3 Å². The van der Waals surface area contributed by atoms with Crippen LogP contribution in [0.15, 0.2) is 121 Å². The van der Waals surface area contributed by atoms with E-state index in [0.29, 0.717) is 19.8 Å². The summed E-state index contributed by atoms with van der Waals surface area (Å²) in [5.74, 6) is 2.58. The lowest BCUT2D eigenvalue weighted by molar-refractivity contribution is 0.263. The van der Waals surface area contributed by atoms with Crippen LogP contribution in [0.1, 0.15) is 23.6 Å². The Hall–Kier alpha value is -4.62. The number of hydrogen-bond donors (Lipinski definition) is 0. The van der Waals surface area contributed by atoms with Crippen molar-refractivity contribution in [2.24, 2.45) is 0 Å². The van der Waals surface area contributed by atoms with E-state index in [1.54, 1.807) is 0 Å². The largest absolute Gasteiger partial charge is 0.491 e. The van der Waals surface area contributed by atoms with Gasteiger partial charge in [-0.15, -0.1) is 0 Å². The highest BCUT2D eigenvalue weighted by molar-refractivity contribution is 5.67. The summed E-state index contributed by atoms with van der Waals surface area (Å²) in [4.78, 5) is 0. The summed E-state index contributed by atoms with van der Waals surface area (Å²) in [6.45, 7) is 6.47. The molecular formula is C41H38O6. The first kappa shape index (κ1) is 29.8. The fraction of sp³-hybridized carbons (Fsp3) is 0.268. The third-order valence-corrected chi connectivity index (χ3v) is 9.25. The van der Waals surface area contributed by atoms with Gasteiger partial charge in [0.1, 0.15) is 55.4 Å². The zero-order chi connectivity index (χ0) is 31.6. The van der Waals surface area contributed by atoms with Crippen molar-refractivity contribution < 1.29 is 28.4 Å². The molecule has 238 valence electrons. The fourth-order valence-electron chi connectivity index (χ4n) is 5.92. The second kappa shape index (κ2) is 12.9. The summed E-state index contributed by atoms with van der Waals surface area (Å²) < 4.78 is 33.4. The third kappa shape index (κ3) is 7.05. The molecule has 0 bridgehead atoms. The van der Waals surface area contributed by atoms with E-state index < -0.39 is 5.41 Å². The lowest BCUT2D eigenvalue weighted by Crippen LogP contribution is -2.25. The Bertz CT molecular complexity index is 1670. The maximum absolute atomic E-state index is 5.96. The predicted octanol–water partition coefficient (Wildman–Crippen LogP) is 7.71. The SMILES string of the molecule is CC(c1ccc(OCC2CO2)cc1)(c1ccc(-c2ccc(OCC3CO3)cc2)cc1)c1ccc(-c2ccc(OCC3CO3)cc2)cc1. The molecule has 3 atom stereocenters. The van der Waals surface area contributed by atoms with E-state index in [4.69, 9.17) is 28.4 Å². The van der Waals surface area contributed by atoms with Gasteiger partial charge in [-0.25, -0.2) is 0 Å². The highest BCUT2D eigenvalue weighted by atomic mass is 16.6. The summed E-state index contributed by atoms with van der Waals surface area (Å²) in [5, 5.41) is 0. The third-order valence-electron chi connectivity index (χ3n) is 9.25. The lowest BCUT2D eigenvalue weighted by atomic mass is 9.70. The van der Waals surface area contributed by atoms with Gasteiger partial charge in [0.15, 0.2) is 0 Å². The van der Waals surface area contributed by atoms with Gasteiger partial charge in [0.05, 0.1) is 19.8 Å². The maximum atomic E-state index is 5.96. The summed E-state index contributed by atoms with van der Waals surface area (Å²) in [6.07, 6.45) is 0.708. The van der Waals surface area contributed by atoms with Crippen LogP contribution in [0.4, 0.5) is 0 Å². The molecule has 5 aromatic carbocycles. The van der Waals surface area contributed by atoms with Crippen molar-refractivity contribution in [1.82, 2.24) is 0 Å². The first-order valence-electron chi connectivity index (χ1n) is 16.4. The molecule has 0 saturated carbocycles. The number of hydrogen-bond acceptors (Lipinski definition) is 6. The van der Waals surface area contributed by atoms with Crippen molar-refractivity contribution in [3.63, 3.8) is 0 Å². The summed E-state index contributed by atoms with van der Waals surface area (Å²) in [7, 11) is 0. The quantitative estimate of drug-likeness (QED) is 0.0930. The minimum absolute atomic E-state index is 0.221. The Kier molecular flexibility index (Phi) is 8.16. The van der Waals surface area contributed by atoms with Gasteiger partial charge in [-0.3, -0.25) is 0 Å². The number of benzene rings is 5. The molecule has 0 amide bonds. The number of epoxide rings is 3. The predicted molar refractivity (Wildman–Crippen MR) is 181 cm³/mol. The van der Waals surface area contributed by atoms with Crippen molar-refractivity contribution in [3.05, 3.63) is 138 Å². The first-order valence-corrected chi connectivity index (χ1v) is 16.4. The zero-order valence-corrected chi connectivity index (χ0v) is 26.5. The molecule has 3 saturated heterocycles. The van der Waals surface area contributed by atoms with Gasteiger partial charge in [-0.2, -0.15) is 0 Å². The fourth-order valence-corrected chi connectivity index (χ4v) is 5.92. The Morgan fingerprint density at radius 2 is 0.660 bits per heavy atom. The lowest BCUT2D eigenvalue weighted by Gasteiger charge is -2.32. The molecule has 0 aliphatic carbocycles. The van der Waals surface area contributed by atoms with Crippen LogP contribution in [-0.4, -0.2) is 58.0 Å². The molecular weight excluding hydrogens is 588 g/mol. The smallest absolute Gasteiger partial charge is 0.119 e. The molecule has 0 spiro atoms. The Morgan fingerprint density at radius 1 is 0.426 bits per heavy atom. The zero-order valence-electron chi connectivity index (χ0n) is 26.5.